The average Bonchev–Trinajstić information content (AvgIpc) is 3.28. The number of morpholine rings is 1. The number of nitrogens with two attached hydrogens (primary N) is 1. The summed E-state index contributed by atoms with van der Waals surface area (Å²) in [5.41, 5.74) is 12.2. The molecule has 1 aliphatic heterocycles. The topological polar surface area (TPSA) is 81.6 Å². The second-order valence-corrected chi connectivity index (χ2v) is 10.9. The van der Waals surface area contributed by atoms with Gasteiger partial charge in [-0.25, -0.2) is 15.0 Å². The number of fused-ring (bicyclic) bond motifs is 2. The summed E-state index contributed by atoms with van der Waals surface area (Å²) in [5, 5.41) is 1.10. The van der Waals surface area contributed by atoms with Crippen LogP contribution in [0.4, 0.5) is 5.82 Å². The molecular weight excluding hydrogens is 472 g/mol. The van der Waals surface area contributed by atoms with Crippen LogP contribution in [0.25, 0.3) is 38.9 Å². The van der Waals surface area contributed by atoms with E-state index in [1.807, 2.05) is 24.4 Å². The van der Waals surface area contributed by atoms with Gasteiger partial charge in [0.1, 0.15) is 22.9 Å². The van der Waals surface area contributed by atoms with Gasteiger partial charge >= 0.3 is 0 Å². The Kier molecular flexibility index (Phi) is 5.64. The SMILES string of the molecule is CC1CN(C2CC(c3nc(-c4ccc5ccc(-c6ccccc6)nc5c4)c4c(N)nccn34)C2)CC(C)O1. The number of anilines is 1. The summed E-state index contributed by atoms with van der Waals surface area (Å²) < 4.78 is 8.10. The maximum atomic E-state index is 6.45. The first-order valence-corrected chi connectivity index (χ1v) is 13.5. The lowest BCUT2D eigenvalue weighted by molar-refractivity contribution is -0.0920. The van der Waals surface area contributed by atoms with E-state index in [-0.39, 0.29) is 12.2 Å². The molecule has 3 aromatic heterocycles. The molecule has 5 aromatic rings. The van der Waals surface area contributed by atoms with Gasteiger partial charge in [-0.3, -0.25) is 9.30 Å². The lowest BCUT2D eigenvalue weighted by Crippen LogP contribution is -2.53. The third kappa shape index (κ3) is 4.03. The lowest BCUT2D eigenvalue weighted by Gasteiger charge is -2.46. The summed E-state index contributed by atoms with van der Waals surface area (Å²) in [6.45, 7) is 6.34. The first kappa shape index (κ1) is 23.3. The Bertz CT molecular complexity index is 1610. The van der Waals surface area contributed by atoms with Crippen LogP contribution in [0, 0.1) is 0 Å². The van der Waals surface area contributed by atoms with Crippen LogP contribution in [0.1, 0.15) is 38.4 Å². The number of aromatic nitrogens is 4. The molecule has 2 aliphatic rings. The van der Waals surface area contributed by atoms with E-state index in [0.29, 0.717) is 17.8 Å². The Morgan fingerprint density at radius 2 is 1.66 bits per heavy atom. The van der Waals surface area contributed by atoms with Crippen molar-refractivity contribution in [3.8, 4) is 22.5 Å². The predicted octanol–water partition coefficient (Wildman–Crippen LogP) is 5.55. The Labute approximate surface area is 222 Å². The second kappa shape index (κ2) is 9.19. The van der Waals surface area contributed by atoms with Crippen molar-refractivity contribution >= 4 is 22.2 Å². The standard InChI is InChI=1S/C31H32N6O/c1-19-17-36(18-20(2)38-19)25-14-24(15-25)31-35-28(29-30(32)33-12-13-37(29)31)23-9-8-22-10-11-26(34-27(22)16-23)21-6-4-3-5-7-21/h3-13,16,19-20,24-25H,14-15,17-18H2,1-2H3,(H2,32,33). The molecule has 1 saturated heterocycles. The van der Waals surface area contributed by atoms with Gasteiger partial charge in [-0.15, -0.1) is 0 Å². The molecule has 2 aromatic carbocycles. The smallest absolute Gasteiger partial charge is 0.150 e. The fourth-order valence-electron chi connectivity index (χ4n) is 6.22. The Hall–Kier alpha value is -3.81. The molecule has 1 saturated carbocycles. The fraction of sp³-hybridized carbons (Fsp3) is 0.323. The van der Waals surface area contributed by atoms with Crippen LogP contribution in [0.3, 0.4) is 0 Å². The Morgan fingerprint density at radius 1 is 0.895 bits per heavy atom. The number of nitrogens with zero attached hydrogens (tertiary/aromatic N) is 5. The number of ether oxygens (including phenoxy) is 1. The van der Waals surface area contributed by atoms with E-state index in [4.69, 9.17) is 20.4 Å². The number of hydrogen-bond acceptors (Lipinski definition) is 6. The minimum absolute atomic E-state index is 0.284. The summed E-state index contributed by atoms with van der Waals surface area (Å²) in [6, 6.07) is 21.4. The Morgan fingerprint density at radius 3 is 2.45 bits per heavy atom. The van der Waals surface area contributed by atoms with Crippen molar-refractivity contribution in [3.05, 3.63) is 78.9 Å². The number of pyridine rings is 1. The summed E-state index contributed by atoms with van der Waals surface area (Å²) in [6.07, 6.45) is 6.53. The molecule has 2 fully saturated rings. The number of nitrogen functional groups attached to an aromatic ring is 1. The van der Waals surface area contributed by atoms with Crippen LogP contribution in [0.5, 0.6) is 0 Å². The minimum atomic E-state index is 0.284. The largest absolute Gasteiger partial charge is 0.382 e. The predicted molar refractivity (Wildman–Crippen MR) is 151 cm³/mol. The molecule has 0 amide bonds. The zero-order valence-electron chi connectivity index (χ0n) is 21.8. The number of imidazole rings is 1. The van der Waals surface area contributed by atoms with Gasteiger partial charge in [0.2, 0.25) is 0 Å². The highest BCUT2D eigenvalue weighted by Gasteiger charge is 2.39. The summed E-state index contributed by atoms with van der Waals surface area (Å²) in [4.78, 5) is 17.2. The molecule has 0 bridgehead atoms. The normalized spacial score (nSPS) is 24.1. The fourth-order valence-corrected chi connectivity index (χ4v) is 6.22. The van der Waals surface area contributed by atoms with Gasteiger partial charge in [0.15, 0.2) is 0 Å². The van der Waals surface area contributed by atoms with Crippen LogP contribution in [0.15, 0.2) is 73.1 Å². The van der Waals surface area contributed by atoms with Gasteiger partial charge in [-0.05, 0) is 38.8 Å². The van der Waals surface area contributed by atoms with Crippen LogP contribution in [-0.4, -0.2) is 55.6 Å². The summed E-state index contributed by atoms with van der Waals surface area (Å²) in [7, 11) is 0. The van der Waals surface area contributed by atoms with E-state index < -0.39 is 0 Å². The third-order valence-electron chi connectivity index (χ3n) is 8.09. The number of hydrogen-bond donors (Lipinski definition) is 1. The number of rotatable bonds is 4. The van der Waals surface area contributed by atoms with Gasteiger partial charge < -0.3 is 10.5 Å². The Balaban J connectivity index is 1.24. The highest BCUT2D eigenvalue weighted by Crippen LogP contribution is 2.42. The molecule has 7 rings (SSSR count). The van der Waals surface area contributed by atoms with Crippen molar-refractivity contribution in [1.29, 1.82) is 0 Å². The molecule has 2 unspecified atom stereocenters. The van der Waals surface area contributed by atoms with E-state index in [2.05, 4.69) is 70.6 Å². The van der Waals surface area contributed by atoms with E-state index in [1.165, 1.54) is 0 Å². The quantitative estimate of drug-likeness (QED) is 0.346. The maximum Gasteiger partial charge on any atom is 0.150 e. The van der Waals surface area contributed by atoms with E-state index in [1.54, 1.807) is 6.20 Å². The van der Waals surface area contributed by atoms with Crippen molar-refractivity contribution in [2.75, 3.05) is 18.8 Å². The molecule has 2 N–H and O–H groups in total. The molecule has 4 heterocycles. The van der Waals surface area contributed by atoms with E-state index >= 15 is 0 Å². The zero-order valence-corrected chi connectivity index (χ0v) is 21.8. The van der Waals surface area contributed by atoms with Crippen LogP contribution >= 0.6 is 0 Å². The minimum Gasteiger partial charge on any atom is -0.382 e. The van der Waals surface area contributed by atoms with Gasteiger partial charge in [0.05, 0.1) is 23.4 Å². The van der Waals surface area contributed by atoms with Gasteiger partial charge in [-0.1, -0.05) is 48.5 Å². The lowest BCUT2D eigenvalue weighted by atomic mass is 9.78. The van der Waals surface area contributed by atoms with Crippen molar-refractivity contribution < 1.29 is 4.74 Å². The molecular formula is C31H32N6O. The van der Waals surface area contributed by atoms with Crippen LogP contribution in [0.2, 0.25) is 0 Å². The third-order valence-corrected chi connectivity index (χ3v) is 8.09. The second-order valence-electron chi connectivity index (χ2n) is 10.9. The monoisotopic (exact) mass is 504 g/mol. The molecule has 1 aliphatic carbocycles. The first-order valence-electron chi connectivity index (χ1n) is 13.5. The van der Waals surface area contributed by atoms with Crippen LogP contribution in [-0.2, 0) is 4.74 Å². The highest BCUT2D eigenvalue weighted by atomic mass is 16.5. The van der Waals surface area contributed by atoms with Crippen molar-refractivity contribution in [1.82, 2.24) is 24.3 Å². The number of benzene rings is 2. The van der Waals surface area contributed by atoms with Crippen molar-refractivity contribution in [2.45, 2.75) is 50.9 Å². The summed E-state index contributed by atoms with van der Waals surface area (Å²) in [5.74, 6) is 1.96. The zero-order chi connectivity index (χ0) is 25.8. The molecule has 192 valence electrons. The maximum absolute atomic E-state index is 6.45. The molecule has 0 radical (unpaired) electrons. The van der Waals surface area contributed by atoms with Gasteiger partial charge in [0.25, 0.3) is 0 Å². The van der Waals surface area contributed by atoms with E-state index in [0.717, 1.165) is 70.7 Å². The van der Waals surface area contributed by atoms with Crippen molar-refractivity contribution in [2.24, 2.45) is 0 Å². The molecule has 2 atom stereocenters. The molecule has 0 spiro atoms. The van der Waals surface area contributed by atoms with Gasteiger partial charge in [-0.2, -0.15) is 0 Å². The molecule has 7 nitrogen and oxygen atoms in total. The van der Waals surface area contributed by atoms with Gasteiger partial charge in [0, 0.05) is 54.0 Å². The first-order chi connectivity index (χ1) is 18.5. The van der Waals surface area contributed by atoms with Crippen molar-refractivity contribution in [3.63, 3.8) is 0 Å². The van der Waals surface area contributed by atoms with Crippen LogP contribution < -0.4 is 5.73 Å². The summed E-state index contributed by atoms with van der Waals surface area (Å²) >= 11 is 0. The molecule has 38 heavy (non-hydrogen) atoms. The highest BCUT2D eigenvalue weighted by molar-refractivity contribution is 5.91. The molecule has 7 heteroatoms. The average molecular weight is 505 g/mol. The van der Waals surface area contributed by atoms with E-state index in [9.17, 15) is 0 Å².